The van der Waals surface area contributed by atoms with E-state index in [-0.39, 0.29) is 0 Å². The van der Waals surface area contributed by atoms with Crippen LogP contribution >= 0.6 is 27.7 Å². The molecule has 0 fully saturated rings. The molecule has 0 spiro atoms. The normalized spacial score (nSPS) is 11.3. The smallest absolute Gasteiger partial charge is 0.200 e. The SMILES string of the molecule is CC(C)Cn1c(SCc2ccc(Br)cc2)nnc1-c1ccco1. The molecule has 0 radical (unpaired) electrons. The predicted molar refractivity (Wildman–Crippen MR) is 96.3 cm³/mol. The van der Waals surface area contributed by atoms with E-state index < -0.39 is 0 Å². The zero-order valence-corrected chi connectivity index (χ0v) is 15.5. The van der Waals surface area contributed by atoms with Gasteiger partial charge in [0.15, 0.2) is 16.7 Å². The molecule has 0 amide bonds. The fraction of sp³-hybridized carbons (Fsp3) is 0.294. The molecule has 2 aromatic heterocycles. The Morgan fingerprint density at radius 2 is 1.96 bits per heavy atom. The molecule has 0 aliphatic carbocycles. The molecule has 3 rings (SSSR count). The van der Waals surface area contributed by atoms with Crippen LogP contribution in [0.4, 0.5) is 0 Å². The molecule has 6 heteroatoms. The van der Waals surface area contributed by atoms with Gasteiger partial charge in [-0.2, -0.15) is 0 Å². The van der Waals surface area contributed by atoms with E-state index in [9.17, 15) is 0 Å². The van der Waals surface area contributed by atoms with Crippen LogP contribution in [0.25, 0.3) is 11.6 Å². The van der Waals surface area contributed by atoms with Crippen LogP contribution < -0.4 is 0 Å². The number of hydrogen-bond donors (Lipinski definition) is 0. The van der Waals surface area contributed by atoms with Crippen LogP contribution in [0.5, 0.6) is 0 Å². The second kappa shape index (κ2) is 7.36. The minimum Gasteiger partial charge on any atom is -0.461 e. The zero-order valence-electron chi connectivity index (χ0n) is 13.1. The van der Waals surface area contributed by atoms with Crippen molar-refractivity contribution in [3.8, 4) is 11.6 Å². The van der Waals surface area contributed by atoms with Gasteiger partial charge >= 0.3 is 0 Å². The number of thioether (sulfide) groups is 1. The molecular weight excluding hydrogens is 374 g/mol. The molecule has 23 heavy (non-hydrogen) atoms. The van der Waals surface area contributed by atoms with Crippen LogP contribution in [0, 0.1) is 5.92 Å². The highest BCUT2D eigenvalue weighted by Gasteiger charge is 2.17. The van der Waals surface area contributed by atoms with Gasteiger partial charge in [-0.3, -0.25) is 4.57 Å². The lowest BCUT2D eigenvalue weighted by atomic mass is 10.2. The Morgan fingerprint density at radius 3 is 2.61 bits per heavy atom. The Hall–Kier alpha value is -1.53. The van der Waals surface area contributed by atoms with Gasteiger partial charge in [0.2, 0.25) is 0 Å². The monoisotopic (exact) mass is 391 g/mol. The summed E-state index contributed by atoms with van der Waals surface area (Å²) in [5, 5.41) is 9.62. The van der Waals surface area contributed by atoms with Gasteiger partial charge in [-0.15, -0.1) is 10.2 Å². The van der Waals surface area contributed by atoms with Crippen molar-refractivity contribution in [1.82, 2.24) is 14.8 Å². The molecule has 0 atom stereocenters. The first-order chi connectivity index (χ1) is 11.1. The van der Waals surface area contributed by atoms with E-state index in [0.29, 0.717) is 5.92 Å². The van der Waals surface area contributed by atoms with Gasteiger partial charge in [-0.05, 0) is 35.7 Å². The van der Waals surface area contributed by atoms with Crippen molar-refractivity contribution in [2.75, 3.05) is 0 Å². The Morgan fingerprint density at radius 1 is 1.17 bits per heavy atom. The fourth-order valence-electron chi connectivity index (χ4n) is 2.24. The van der Waals surface area contributed by atoms with Gasteiger partial charge < -0.3 is 4.42 Å². The molecule has 0 aliphatic heterocycles. The first-order valence-electron chi connectivity index (χ1n) is 7.48. The summed E-state index contributed by atoms with van der Waals surface area (Å²) in [7, 11) is 0. The molecule has 4 nitrogen and oxygen atoms in total. The van der Waals surface area contributed by atoms with E-state index in [1.807, 2.05) is 12.1 Å². The molecule has 3 aromatic rings. The summed E-state index contributed by atoms with van der Waals surface area (Å²) in [4.78, 5) is 0. The average molecular weight is 392 g/mol. The molecule has 2 heterocycles. The molecule has 0 saturated heterocycles. The number of aromatic nitrogens is 3. The van der Waals surface area contributed by atoms with Crippen molar-refractivity contribution < 1.29 is 4.42 Å². The topological polar surface area (TPSA) is 43.9 Å². The highest BCUT2D eigenvalue weighted by Crippen LogP contribution is 2.27. The summed E-state index contributed by atoms with van der Waals surface area (Å²) in [6.07, 6.45) is 1.67. The average Bonchev–Trinajstić information content (AvgIpc) is 3.16. The second-order valence-corrected chi connectivity index (χ2v) is 7.56. The van der Waals surface area contributed by atoms with E-state index in [0.717, 1.165) is 33.5 Å². The molecule has 120 valence electrons. The Balaban J connectivity index is 1.82. The summed E-state index contributed by atoms with van der Waals surface area (Å²) >= 11 is 5.16. The second-order valence-electron chi connectivity index (χ2n) is 5.70. The third kappa shape index (κ3) is 4.06. The molecular formula is C17H18BrN3OS. The Labute approximate surface area is 148 Å². The summed E-state index contributed by atoms with van der Waals surface area (Å²) < 4.78 is 8.73. The highest BCUT2D eigenvalue weighted by molar-refractivity contribution is 9.10. The number of benzene rings is 1. The fourth-order valence-corrected chi connectivity index (χ4v) is 3.41. The van der Waals surface area contributed by atoms with Gasteiger partial charge in [0.25, 0.3) is 0 Å². The van der Waals surface area contributed by atoms with E-state index in [2.05, 4.69) is 68.8 Å². The van der Waals surface area contributed by atoms with Crippen molar-refractivity contribution >= 4 is 27.7 Å². The molecule has 0 saturated carbocycles. The lowest BCUT2D eigenvalue weighted by Crippen LogP contribution is -2.07. The van der Waals surface area contributed by atoms with Crippen LogP contribution in [-0.2, 0) is 12.3 Å². The number of nitrogens with zero attached hydrogens (tertiary/aromatic N) is 3. The Bertz CT molecular complexity index is 751. The number of furan rings is 1. The minimum atomic E-state index is 0.506. The van der Waals surface area contributed by atoms with Crippen molar-refractivity contribution in [2.24, 2.45) is 5.92 Å². The predicted octanol–water partition coefficient (Wildman–Crippen LogP) is 5.25. The molecule has 0 aliphatic rings. The quantitative estimate of drug-likeness (QED) is 0.538. The largest absolute Gasteiger partial charge is 0.461 e. The standard InChI is InChI=1S/C17H18BrN3OS/c1-12(2)10-21-16(15-4-3-9-22-15)19-20-17(21)23-11-13-5-7-14(18)8-6-13/h3-9,12H,10-11H2,1-2H3. The van der Waals surface area contributed by atoms with Crippen LogP contribution in [0.3, 0.4) is 0 Å². The zero-order chi connectivity index (χ0) is 16.2. The molecule has 1 aromatic carbocycles. The summed E-state index contributed by atoms with van der Waals surface area (Å²) in [5.41, 5.74) is 1.26. The number of halogens is 1. The first-order valence-corrected chi connectivity index (χ1v) is 9.25. The van der Waals surface area contributed by atoms with Gasteiger partial charge in [0, 0.05) is 16.8 Å². The maximum Gasteiger partial charge on any atom is 0.200 e. The summed E-state index contributed by atoms with van der Waals surface area (Å²) in [6.45, 7) is 5.25. The lowest BCUT2D eigenvalue weighted by molar-refractivity contribution is 0.489. The van der Waals surface area contributed by atoms with Crippen molar-refractivity contribution in [1.29, 1.82) is 0 Å². The summed E-state index contributed by atoms with van der Waals surface area (Å²) in [5.74, 6) is 2.92. The molecule has 0 bridgehead atoms. The highest BCUT2D eigenvalue weighted by atomic mass is 79.9. The van der Waals surface area contributed by atoms with E-state index in [1.165, 1.54) is 5.56 Å². The van der Waals surface area contributed by atoms with Gasteiger partial charge in [-0.25, -0.2) is 0 Å². The van der Waals surface area contributed by atoms with Crippen molar-refractivity contribution in [3.05, 3.63) is 52.7 Å². The minimum absolute atomic E-state index is 0.506. The van der Waals surface area contributed by atoms with Crippen LogP contribution in [-0.4, -0.2) is 14.8 Å². The van der Waals surface area contributed by atoms with Crippen LogP contribution in [0.1, 0.15) is 19.4 Å². The van der Waals surface area contributed by atoms with Crippen molar-refractivity contribution in [2.45, 2.75) is 31.3 Å². The lowest BCUT2D eigenvalue weighted by Gasteiger charge is -2.11. The van der Waals surface area contributed by atoms with Crippen LogP contribution in [0.2, 0.25) is 0 Å². The van der Waals surface area contributed by atoms with Gasteiger partial charge in [0.1, 0.15) is 0 Å². The van der Waals surface area contributed by atoms with E-state index in [1.54, 1.807) is 18.0 Å². The number of rotatable bonds is 6. The molecule has 0 unspecified atom stereocenters. The summed E-state index contributed by atoms with van der Waals surface area (Å²) in [6, 6.07) is 12.1. The molecule has 0 N–H and O–H groups in total. The van der Waals surface area contributed by atoms with Gasteiger partial charge in [0.05, 0.1) is 6.26 Å². The van der Waals surface area contributed by atoms with Gasteiger partial charge in [-0.1, -0.05) is 53.7 Å². The van der Waals surface area contributed by atoms with Crippen molar-refractivity contribution in [3.63, 3.8) is 0 Å². The third-order valence-electron chi connectivity index (χ3n) is 3.29. The maximum absolute atomic E-state index is 5.49. The maximum atomic E-state index is 5.49. The van der Waals surface area contributed by atoms with E-state index >= 15 is 0 Å². The first kappa shape index (κ1) is 16.3. The third-order valence-corrected chi connectivity index (χ3v) is 4.85. The van der Waals surface area contributed by atoms with E-state index in [4.69, 9.17) is 4.42 Å². The van der Waals surface area contributed by atoms with Crippen LogP contribution in [0.15, 0.2) is 56.7 Å². The number of hydrogen-bond acceptors (Lipinski definition) is 4. The Kier molecular flexibility index (Phi) is 5.23.